The Morgan fingerprint density at radius 3 is 1.75 bits per heavy atom. The molecule has 1 unspecified atom stereocenters. The van der Waals surface area contributed by atoms with Crippen LogP contribution in [0.4, 0.5) is 0 Å². The van der Waals surface area contributed by atoms with E-state index in [0.29, 0.717) is 5.02 Å². The van der Waals surface area contributed by atoms with Crippen molar-refractivity contribution < 1.29 is 0 Å². The lowest BCUT2D eigenvalue weighted by atomic mass is 9.96. The van der Waals surface area contributed by atoms with Crippen molar-refractivity contribution in [2.75, 3.05) is 0 Å². The molecule has 118 valence electrons. The van der Waals surface area contributed by atoms with Crippen molar-refractivity contribution in [3.05, 3.63) is 107 Å². The van der Waals surface area contributed by atoms with Crippen LogP contribution in [0.2, 0.25) is 5.02 Å². The van der Waals surface area contributed by atoms with Crippen LogP contribution < -0.4 is 5.32 Å². The Morgan fingerprint density at radius 2 is 1.25 bits per heavy atom. The summed E-state index contributed by atoms with van der Waals surface area (Å²) < 4.78 is 0. The van der Waals surface area contributed by atoms with E-state index in [1.165, 1.54) is 0 Å². The first-order valence-electron chi connectivity index (χ1n) is 7.79. The summed E-state index contributed by atoms with van der Waals surface area (Å²) in [5, 5.41) is 13.7. The SMILES string of the molecule is N#CC(NC(c1ccccc1)c1ccccc1)c1ccccc1Cl. The van der Waals surface area contributed by atoms with Gasteiger partial charge in [0.25, 0.3) is 0 Å². The fourth-order valence-corrected chi connectivity index (χ4v) is 2.99. The van der Waals surface area contributed by atoms with E-state index >= 15 is 0 Å². The summed E-state index contributed by atoms with van der Waals surface area (Å²) in [7, 11) is 0. The molecule has 0 radical (unpaired) electrons. The van der Waals surface area contributed by atoms with E-state index in [2.05, 4.69) is 35.7 Å². The molecule has 1 atom stereocenters. The highest BCUT2D eigenvalue weighted by Crippen LogP contribution is 2.28. The Morgan fingerprint density at radius 1 is 0.750 bits per heavy atom. The number of hydrogen-bond acceptors (Lipinski definition) is 2. The largest absolute Gasteiger partial charge is 0.287 e. The Bertz CT molecular complexity index is 786. The molecular formula is C21H17ClN2. The molecule has 3 rings (SSSR count). The highest BCUT2D eigenvalue weighted by molar-refractivity contribution is 6.31. The lowest BCUT2D eigenvalue weighted by molar-refractivity contribution is 0.559. The van der Waals surface area contributed by atoms with Crippen LogP contribution in [0, 0.1) is 11.3 Å². The standard InChI is InChI=1S/C21H17ClN2/c22-19-14-8-7-13-18(19)20(15-23)24-21(16-9-3-1-4-10-16)17-11-5-2-6-12-17/h1-14,20-21,24H. The average Bonchev–Trinajstić information content (AvgIpc) is 2.65. The van der Waals surface area contributed by atoms with Gasteiger partial charge in [-0.25, -0.2) is 0 Å². The zero-order valence-corrected chi connectivity index (χ0v) is 13.8. The van der Waals surface area contributed by atoms with Gasteiger partial charge < -0.3 is 0 Å². The third-order valence-corrected chi connectivity index (χ3v) is 4.29. The van der Waals surface area contributed by atoms with Gasteiger partial charge in [0.2, 0.25) is 0 Å². The maximum absolute atomic E-state index is 9.68. The van der Waals surface area contributed by atoms with Gasteiger partial charge in [-0.3, -0.25) is 5.32 Å². The smallest absolute Gasteiger partial charge is 0.123 e. The average molecular weight is 333 g/mol. The highest BCUT2D eigenvalue weighted by Gasteiger charge is 2.21. The van der Waals surface area contributed by atoms with Gasteiger partial charge in [-0.15, -0.1) is 0 Å². The summed E-state index contributed by atoms with van der Waals surface area (Å²) in [6, 6.07) is 29.4. The van der Waals surface area contributed by atoms with Crippen LogP contribution in [-0.4, -0.2) is 0 Å². The molecule has 0 heterocycles. The van der Waals surface area contributed by atoms with Crippen LogP contribution in [0.25, 0.3) is 0 Å². The molecule has 24 heavy (non-hydrogen) atoms. The monoisotopic (exact) mass is 332 g/mol. The molecule has 3 aromatic rings. The van der Waals surface area contributed by atoms with Crippen molar-refractivity contribution in [1.29, 1.82) is 5.26 Å². The first kappa shape index (κ1) is 16.3. The summed E-state index contributed by atoms with van der Waals surface area (Å²) >= 11 is 6.28. The van der Waals surface area contributed by atoms with E-state index in [4.69, 9.17) is 11.6 Å². The van der Waals surface area contributed by atoms with E-state index in [1.807, 2.05) is 60.7 Å². The van der Waals surface area contributed by atoms with E-state index < -0.39 is 6.04 Å². The first-order chi connectivity index (χ1) is 11.8. The quantitative estimate of drug-likeness (QED) is 0.689. The minimum Gasteiger partial charge on any atom is -0.287 e. The summed E-state index contributed by atoms with van der Waals surface area (Å²) in [5.41, 5.74) is 3.01. The van der Waals surface area contributed by atoms with Gasteiger partial charge in [0, 0.05) is 10.6 Å². The Hall–Kier alpha value is -2.60. The van der Waals surface area contributed by atoms with Crippen LogP contribution in [-0.2, 0) is 0 Å². The minimum absolute atomic E-state index is 0.0895. The lowest BCUT2D eigenvalue weighted by Gasteiger charge is -2.23. The van der Waals surface area contributed by atoms with Gasteiger partial charge in [0.1, 0.15) is 6.04 Å². The fraction of sp³-hybridized carbons (Fsp3) is 0.0952. The molecule has 0 aliphatic heterocycles. The van der Waals surface area contributed by atoms with Gasteiger partial charge in [-0.05, 0) is 17.2 Å². The molecule has 3 aromatic carbocycles. The zero-order chi connectivity index (χ0) is 16.8. The zero-order valence-electron chi connectivity index (χ0n) is 13.1. The predicted molar refractivity (Wildman–Crippen MR) is 97.7 cm³/mol. The van der Waals surface area contributed by atoms with Crippen molar-refractivity contribution in [3.8, 4) is 6.07 Å². The van der Waals surface area contributed by atoms with Gasteiger partial charge in [-0.2, -0.15) is 5.26 Å². The van der Waals surface area contributed by atoms with E-state index in [-0.39, 0.29) is 6.04 Å². The molecule has 0 aliphatic rings. The van der Waals surface area contributed by atoms with Gasteiger partial charge in [0.05, 0.1) is 12.1 Å². The number of nitriles is 1. The topological polar surface area (TPSA) is 35.8 Å². The second-order valence-electron chi connectivity index (χ2n) is 5.50. The van der Waals surface area contributed by atoms with E-state index in [9.17, 15) is 5.26 Å². The molecule has 0 amide bonds. The normalized spacial score (nSPS) is 11.9. The third kappa shape index (κ3) is 3.65. The number of benzene rings is 3. The third-order valence-electron chi connectivity index (χ3n) is 3.94. The first-order valence-corrected chi connectivity index (χ1v) is 8.17. The molecule has 0 saturated carbocycles. The van der Waals surface area contributed by atoms with Crippen LogP contribution >= 0.6 is 11.6 Å². The summed E-state index contributed by atoms with van der Waals surface area (Å²) in [4.78, 5) is 0. The maximum Gasteiger partial charge on any atom is 0.123 e. The van der Waals surface area contributed by atoms with Crippen LogP contribution in [0.5, 0.6) is 0 Å². The van der Waals surface area contributed by atoms with Crippen LogP contribution in [0.3, 0.4) is 0 Å². The second kappa shape index (κ2) is 7.79. The van der Waals surface area contributed by atoms with Gasteiger partial charge in [0.15, 0.2) is 0 Å². The van der Waals surface area contributed by atoms with Crippen molar-refractivity contribution in [2.45, 2.75) is 12.1 Å². The fourth-order valence-electron chi connectivity index (χ4n) is 2.75. The molecule has 1 N–H and O–H groups in total. The lowest BCUT2D eigenvalue weighted by Crippen LogP contribution is -2.26. The molecule has 0 spiro atoms. The number of nitrogens with zero attached hydrogens (tertiary/aromatic N) is 1. The number of halogens is 1. The molecule has 0 aliphatic carbocycles. The molecule has 0 bridgehead atoms. The Balaban J connectivity index is 1.98. The van der Waals surface area contributed by atoms with Crippen LogP contribution in [0.15, 0.2) is 84.9 Å². The molecule has 2 nitrogen and oxygen atoms in total. The summed E-state index contributed by atoms with van der Waals surface area (Å²) in [5.74, 6) is 0. The molecule has 0 fully saturated rings. The maximum atomic E-state index is 9.68. The van der Waals surface area contributed by atoms with E-state index in [0.717, 1.165) is 16.7 Å². The molecule has 0 aromatic heterocycles. The van der Waals surface area contributed by atoms with E-state index in [1.54, 1.807) is 0 Å². The van der Waals surface area contributed by atoms with Crippen molar-refractivity contribution in [3.63, 3.8) is 0 Å². The van der Waals surface area contributed by atoms with Crippen molar-refractivity contribution >= 4 is 11.6 Å². The Kier molecular flexibility index (Phi) is 5.28. The summed E-state index contributed by atoms with van der Waals surface area (Å²) in [6.45, 7) is 0. The molecular weight excluding hydrogens is 316 g/mol. The second-order valence-corrected chi connectivity index (χ2v) is 5.91. The van der Waals surface area contributed by atoms with Crippen molar-refractivity contribution in [1.82, 2.24) is 5.32 Å². The highest BCUT2D eigenvalue weighted by atomic mass is 35.5. The summed E-state index contributed by atoms with van der Waals surface area (Å²) in [6.07, 6.45) is 0. The molecule has 3 heteroatoms. The van der Waals surface area contributed by atoms with Gasteiger partial charge in [-0.1, -0.05) is 90.5 Å². The number of hydrogen-bond donors (Lipinski definition) is 1. The van der Waals surface area contributed by atoms with Crippen LogP contribution in [0.1, 0.15) is 28.8 Å². The van der Waals surface area contributed by atoms with Crippen molar-refractivity contribution in [2.24, 2.45) is 0 Å². The minimum atomic E-state index is -0.496. The number of nitrogens with one attached hydrogen (secondary N) is 1. The number of rotatable bonds is 5. The van der Waals surface area contributed by atoms with Gasteiger partial charge >= 0.3 is 0 Å². The Labute approximate surface area is 147 Å². The predicted octanol–water partition coefficient (Wildman–Crippen LogP) is 5.28. The molecule has 0 saturated heterocycles.